The van der Waals surface area contributed by atoms with Crippen molar-refractivity contribution < 1.29 is 0 Å². The van der Waals surface area contributed by atoms with E-state index in [4.69, 9.17) is 12.2 Å². The van der Waals surface area contributed by atoms with Crippen LogP contribution in [0.3, 0.4) is 0 Å². The number of hydrogen-bond donors (Lipinski definition) is 1. The first-order valence-electron chi connectivity index (χ1n) is 5.39. The lowest BCUT2D eigenvalue weighted by Crippen LogP contribution is -2.10. The normalized spacial score (nSPS) is 12.0. The Morgan fingerprint density at radius 1 is 1.25 bits per heavy atom. The molecule has 0 aliphatic rings. The third-order valence-corrected chi connectivity index (χ3v) is 3.01. The van der Waals surface area contributed by atoms with E-state index in [1.165, 1.54) is 5.56 Å². The second-order valence-electron chi connectivity index (χ2n) is 5.14. The highest BCUT2D eigenvalue weighted by atomic mass is 32.1. The van der Waals surface area contributed by atoms with Crippen molar-refractivity contribution in [3.63, 3.8) is 0 Å². The summed E-state index contributed by atoms with van der Waals surface area (Å²) in [4.78, 5) is 7.52. The van der Waals surface area contributed by atoms with Crippen LogP contribution in [0.25, 0.3) is 10.9 Å². The molecule has 0 unspecified atom stereocenters. The average molecular weight is 232 g/mol. The number of benzene rings is 1. The van der Waals surface area contributed by atoms with Gasteiger partial charge in [0.25, 0.3) is 0 Å². The van der Waals surface area contributed by atoms with E-state index in [2.05, 4.69) is 48.9 Å². The molecular weight excluding hydrogens is 216 g/mol. The number of fused-ring (bicyclic) bond motifs is 1. The summed E-state index contributed by atoms with van der Waals surface area (Å²) in [6, 6.07) is 6.37. The standard InChI is InChI=1S/C13H16N2S/c1-8-14-11-6-5-9(13(2,3)4)7-10(11)12(16)15-8/h5-7H,1-4H3,(H,14,15,16). The Balaban J connectivity index is 2.77. The van der Waals surface area contributed by atoms with Gasteiger partial charge < -0.3 is 4.98 Å². The molecule has 16 heavy (non-hydrogen) atoms. The number of aromatic nitrogens is 2. The van der Waals surface area contributed by atoms with Crippen molar-refractivity contribution in [2.45, 2.75) is 33.1 Å². The van der Waals surface area contributed by atoms with E-state index in [1.807, 2.05) is 6.92 Å². The molecule has 2 rings (SSSR count). The summed E-state index contributed by atoms with van der Waals surface area (Å²) in [5.74, 6) is 0.862. The fourth-order valence-electron chi connectivity index (χ4n) is 1.73. The topological polar surface area (TPSA) is 28.7 Å². The van der Waals surface area contributed by atoms with Crippen molar-refractivity contribution in [1.29, 1.82) is 0 Å². The number of nitrogens with zero attached hydrogens (tertiary/aromatic N) is 1. The first-order valence-corrected chi connectivity index (χ1v) is 5.80. The Labute approximate surface area is 101 Å². The predicted molar refractivity (Wildman–Crippen MR) is 70.4 cm³/mol. The average Bonchev–Trinajstić information content (AvgIpc) is 2.15. The summed E-state index contributed by atoms with van der Waals surface area (Å²) >= 11 is 5.29. The monoisotopic (exact) mass is 232 g/mol. The predicted octanol–water partition coefficient (Wildman–Crippen LogP) is 3.90. The van der Waals surface area contributed by atoms with Crippen molar-refractivity contribution in [2.24, 2.45) is 0 Å². The van der Waals surface area contributed by atoms with Crippen LogP contribution in [0.5, 0.6) is 0 Å². The molecule has 0 atom stereocenters. The zero-order chi connectivity index (χ0) is 11.9. The van der Waals surface area contributed by atoms with Crippen molar-refractivity contribution in [3.05, 3.63) is 34.2 Å². The molecule has 0 fully saturated rings. The van der Waals surface area contributed by atoms with E-state index in [0.29, 0.717) is 4.64 Å². The second kappa shape index (κ2) is 3.67. The number of H-pyrrole nitrogens is 1. The first-order chi connectivity index (χ1) is 7.38. The number of rotatable bonds is 0. The maximum atomic E-state index is 5.29. The van der Waals surface area contributed by atoms with Crippen molar-refractivity contribution in [3.8, 4) is 0 Å². The molecule has 3 heteroatoms. The Bertz CT molecular complexity index is 591. The molecular formula is C13H16N2S. The molecule has 1 aromatic heterocycles. The lowest BCUT2D eigenvalue weighted by molar-refractivity contribution is 0.591. The summed E-state index contributed by atoms with van der Waals surface area (Å²) in [6.07, 6.45) is 0. The molecule has 84 valence electrons. The Morgan fingerprint density at radius 3 is 2.56 bits per heavy atom. The molecule has 0 spiro atoms. The minimum atomic E-state index is 0.140. The van der Waals surface area contributed by atoms with Crippen LogP contribution in [0.1, 0.15) is 32.2 Å². The van der Waals surface area contributed by atoms with Crippen LogP contribution in [0.2, 0.25) is 0 Å². The Kier molecular flexibility index (Phi) is 2.58. The number of aromatic amines is 1. The van der Waals surface area contributed by atoms with Gasteiger partial charge in [-0.3, -0.25) is 0 Å². The Hall–Kier alpha value is -1.22. The van der Waals surface area contributed by atoms with Crippen LogP contribution in [0.15, 0.2) is 18.2 Å². The number of nitrogens with one attached hydrogen (secondary N) is 1. The molecule has 1 N–H and O–H groups in total. The SMILES string of the molecule is Cc1nc(=S)c2cc(C(C)(C)C)ccc2[nH]1. The van der Waals surface area contributed by atoms with Crippen molar-refractivity contribution >= 4 is 23.1 Å². The lowest BCUT2D eigenvalue weighted by Gasteiger charge is -2.19. The largest absolute Gasteiger partial charge is 0.343 e. The van der Waals surface area contributed by atoms with Crippen LogP contribution in [0, 0.1) is 11.6 Å². The summed E-state index contributed by atoms with van der Waals surface area (Å²) < 4.78 is 0.678. The molecule has 2 nitrogen and oxygen atoms in total. The lowest BCUT2D eigenvalue weighted by atomic mass is 9.86. The second-order valence-corrected chi connectivity index (χ2v) is 5.52. The van der Waals surface area contributed by atoms with Crippen LogP contribution >= 0.6 is 12.2 Å². The molecule has 0 aliphatic carbocycles. The first kappa shape index (κ1) is 11.3. The van der Waals surface area contributed by atoms with E-state index in [9.17, 15) is 0 Å². The summed E-state index contributed by atoms with van der Waals surface area (Å²) in [5, 5.41) is 1.04. The van der Waals surface area contributed by atoms with E-state index < -0.39 is 0 Å². The molecule has 0 saturated heterocycles. The van der Waals surface area contributed by atoms with Gasteiger partial charge in [0.1, 0.15) is 10.5 Å². The minimum absolute atomic E-state index is 0.140. The molecule has 1 aromatic carbocycles. The van der Waals surface area contributed by atoms with Gasteiger partial charge in [0.2, 0.25) is 0 Å². The molecule has 1 heterocycles. The zero-order valence-electron chi connectivity index (χ0n) is 10.1. The summed E-state index contributed by atoms with van der Waals surface area (Å²) in [6.45, 7) is 8.51. The highest BCUT2D eigenvalue weighted by Crippen LogP contribution is 2.25. The quantitative estimate of drug-likeness (QED) is 0.698. The molecule has 0 radical (unpaired) electrons. The van der Waals surface area contributed by atoms with Gasteiger partial charge in [0.15, 0.2) is 0 Å². The third-order valence-electron chi connectivity index (χ3n) is 2.70. The highest BCUT2D eigenvalue weighted by Gasteiger charge is 2.14. The van der Waals surface area contributed by atoms with Gasteiger partial charge in [0, 0.05) is 10.9 Å². The van der Waals surface area contributed by atoms with Gasteiger partial charge in [-0.05, 0) is 30.0 Å². The molecule has 0 amide bonds. The fourth-order valence-corrected chi connectivity index (χ4v) is 2.04. The highest BCUT2D eigenvalue weighted by molar-refractivity contribution is 7.71. The van der Waals surface area contributed by atoms with Gasteiger partial charge in [-0.1, -0.05) is 39.1 Å². The molecule has 0 saturated carbocycles. The number of hydrogen-bond acceptors (Lipinski definition) is 2. The van der Waals surface area contributed by atoms with Gasteiger partial charge in [-0.15, -0.1) is 0 Å². The van der Waals surface area contributed by atoms with Crippen molar-refractivity contribution in [1.82, 2.24) is 9.97 Å². The fraction of sp³-hybridized carbons (Fsp3) is 0.385. The molecule has 2 aromatic rings. The van der Waals surface area contributed by atoms with E-state index in [-0.39, 0.29) is 5.41 Å². The Morgan fingerprint density at radius 2 is 1.94 bits per heavy atom. The van der Waals surface area contributed by atoms with Crippen LogP contribution in [0.4, 0.5) is 0 Å². The van der Waals surface area contributed by atoms with Crippen LogP contribution in [-0.2, 0) is 5.41 Å². The van der Waals surface area contributed by atoms with Crippen molar-refractivity contribution in [2.75, 3.05) is 0 Å². The minimum Gasteiger partial charge on any atom is -0.343 e. The van der Waals surface area contributed by atoms with E-state index in [1.54, 1.807) is 0 Å². The third kappa shape index (κ3) is 2.00. The van der Waals surface area contributed by atoms with Gasteiger partial charge in [-0.2, -0.15) is 0 Å². The zero-order valence-corrected chi connectivity index (χ0v) is 10.9. The number of aryl methyl sites for hydroxylation is 1. The smallest absolute Gasteiger partial charge is 0.137 e. The van der Waals surface area contributed by atoms with Gasteiger partial charge >= 0.3 is 0 Å². The van der Waals surface area contributed by atoms with E-state index in [0.717, 1.165) is 16.7 Å². The van der Waals surface area contributed by atoms with E-state index >= 15 is 0 Å². The maximum absolute atomic E-state index is 5.29. The van der Waals surface area contributed by atoms with Crippen LogP contribution in [-0.4, -0.2) is 9.97 Å². The molecule has 0 aliphatic heterocycles. The van der Waals surface area contributed by atoms with Gasteiger partial charge in [-0.25, -0.2) is 4.98 Å². The van der Waals surface area contributed by atoms with Crippen LogP contribution < -0.4 is 0 Å². The maximum Gasteiger partial charge on any atom is 0.137 e. The summed E-state index contributed by atoms with van der Waals surface area (Å²) in [5.41, 5.74) is 2.48. The van der Waals surface area contributed by atoms with Gasteiger partial charge in [0.05, 0.1) is 0 Å². The molecule has 0 bridgehead atoms. The summed E-state index contributed by atoms with van der Waals surface area (Å²) in [7, 11) is 0.